The Labute approximate surface area is 136 Å². The van der Waals surface area contributed by atoms with Crippen molar-refractivity contribution in [2.24, 2.45) is 0 Å². The topological polar surface area (TPSA) is 76.2 Å². The molecule has 1 atom stereocenters. The number of hydrogen-bond donors (Lipinski definition) is 0. The lowest BCUT2D eigenvalue weighted by Gasteiger charge is -2.34. The first-order chi connectivity index (χ1) is 10.8. The van der Waals surface area contributed by atoms with Crippen LogP contribution in [0.5, 0.6) is 5.75 Å². The molecule has 0 radical (unpaired) electrons. The van der Waals surface area contributed by atoms with Crippen LogP contribution in [0.25, 0.3) is 0 Å². The molecule has 1 aromatic carbocycles. The Bertz CT molecular complexity index is 638. The summed E-state index contributed by atoms with van der Waals surface area (Å²) in [5, 5.41) is 0. The lowest BCUT2D eigenvalue weighted by atomic mass is 10.2. The van der Waals surface area contributed by atoms with Crippen molar-refractivity contribution < 1.29 is 22.7 Å². The van der Waals surface area contributed by atoms with E-state index in [1.807, 2.05) is 0 Å². The molecule has 1 fully saturated rings. The zero-order valence-electron chi connectivity index (χ0n) is 13.6. The molecule has 8 heteroatoms. The average molecular weight is 342 g/mol. The quantitative estimate of drug-likeness (QED) is 0.788. The number of ether oxygens (including phenoxy) is 2. The molecule has 2 rings (SSSR count). The molecule has 0 unspecified atom stereocenters. The Morgan fingerprint density at radius 3 is 2.30 bits per heavy atom. The van der Waals surface area contributed by atoms with E-state index < -0.39 is 16.1 Å². The summed E-state index contributed by atoms with van der Waals surface area (Å²) in [6.45, 7) is 3.50. The minimum absolute atomic E-state index is 0.227. The lowest BCUT2D eigenvalue weighted by molar-refractivity contribution is -0.136. The summed E-state index contributed by atoms with van der Waals surface area (Å²) in [6.07, 6.45) is 1.10. The predicted molar refractivity (Wildman–Crippen MR) is 87.2 cm³/mol. The fourth-order valence-corrected chi connectivity index (χ4v) is 3.75. The van der Waals surface area contributed by atoms with Crippen molar-refractivity contribution in [3.63, 3.8) is 0 Å². The van der Waals surface area contributed by atoms with Crippen LogP contribution in [-0.2, 0) is 19.6 Å². The van der Waals surface area contributed by atoms with Gasteiger partial charge in [-0.25, -0.2) is 8.42 Å². The van der Waals surface area contributed by atoms with Crippen molar-refractivity contribution in [3.05, 3.63) is 24.3 Å². The first-order valence-corrected chi connectivity index (χ1v) is 9.19. The molecule has 0 aliphatic carbocycles. The third-order valence-corrected chi connectivity index (χ3v) is 4.96. The molecule has 1 saturated heterocycles. The fraction of sp³-hybridized carbons (Fsp3) is 0.533. The zero-order valence-corrected chi connectivity index (χ0v) is 14.4. The maximum atomic E-state index is 12.6. The van der Waals surface area contributed by atoms with Crippen LogP contribution >= 0.6 is 0 Å². The summed E-state index contributed by atoms with van der Waals surface area (Å²) in [5.41, 5.74) is 0.433. The molecular weight excluding hydrogens is 320 g/mol. The molecule has 23 heavy (non-hydrogen) atoms. The summed E-state index contributed by atoms with van der Waals surface area (Å²) in [6, 6.07) is 5.77. The highest BCUT2D eigenvalue weighted by atomic mass is 32.2. The van der Waals surface area contributed by atoms with E-state index in [0.29, 0.717) is 37.7 Å². The number of rotatable bonds is 5. The molecule has 1 aliphatic heterocycles. The van der Waals surface area contributed by atoms with Gasteiger partial charge in [0.15, 0.2) is 0 Å². The smallest absolute Gasteiger partial charge is 0.246 e. The molecule has 0 bridgehead atoms. The van der Waals surface area contributed by atoms with Crippen molar-refractivity contribution >= 4 is 21.6 Å². The number of nitrogens with zero attached hydrogens (tertiary/aromatic N) is 2. The van der Waals surface area contributed by atoms with Gasteiger partial charge in [0.05, 0.1) is 32.3 Å². The number of benzene rings is 1. The van der Waals surface area contributed by atoms with Crippen LogP contribution in [0.2, 0.25) is 0 Å². The third-order valence-electron chi connectivity index (χ3n) is 3.72. The zero-order chi connectivity index (χ0) is 17.0. The second-order valence-electron chi connectivity index (χ2n) is 5.37. The molecule has 0 aromatic heterocycles. The Kier molecular flexibility index (Phi) is 5.48. The number of amides is 1. The molecule has 1 amide bonds. The van der Waals surface area contributed by atoms with Gasteiger partial charge in [0.1, 0.15) is 11.8 Å². The molecule has 0 spiro atoms. The van der Waals surface area contributed by atoms with Gasteiger partial charge in [0, 0.05) is 13.1 Å². The van der Waals surface area contributed by atoms with Crippen LogP contribution in [0, 0.1) is 0 Å². The minimum Gasteiger partial charge on any atom is -0.497 e. The summed E-state index contributed by atoms with van der Waals surface area (Å²) >= 11 is 0. The van der Waals surface area contributed by atoms with Gasteiger partial charge >= 0.3 is 0 Å². The molecule has 1 aliphatic rings. The molecule has 1 heterocycles. The monoisotopic (exact) mass is 342 g/mol. The molecule has 0 saturated carbocycles. The maximum absolute atomic E-state index is 12.6. The van der Waals surface area contributed by atoms with E-state index in [0.717, 1.165) is 10.6 Å². The number of carbonyl (C=O) groups excluding carboxylic acids is 1. The van der Waals surface area contributed by atoms with E-state index in [9.17, 15) is 13.2 Å². The highest BCUT2D eigenvalue weighted by Crippen LogP contribution is 2.24. The molecule has 1 aromatic rings. The highest BCUT2D eigenvalue weighted by molar-refractivity contribution is 7.92. The Balaban J connectivity index is 2.28. The Morgan fingerprint density at radius 2 is 1.83 bits per heavy atom. The van der Waals surface area contributed by atoms with Gasteiger partial charge < -0.3 is 14.4 Å². The molecule has 7 nitrogen and oxygen atoms in total. The summed E-state index contributed by atoms with van der Waals surface area (Å²) < 4.78 is 35.9. The van der Waals surface area contributed by atoms with Crippen molar-refractivity contribution in [1.29, 1.82) is 0 Å². The first kappa shape index (κ1) is 17.6. The number of hydrogen-bond acceptors (Lipinski definition) is 5. The average Bonchev–Trinajstić information content (AvgIpc) is 2.54. The largest absolute Gasteiger partial charge is 0.497 e. The highest BCUT2D eigenvalue weighted by Gasteiger charge is 2.32. The summed E-state index contributed by atoms with van der Waals surface area (Å²) in [5.74, 6) is 0.393. The summed E-state index contributed by atoms with van der Waals surface area (Å²) in [7, 11) is -2.07. The molecule has 128 valence electrons. The van der Waals surface area contributed by atoms with E-state index >= 15 is 0 Å². The van der Waals surface area contributed by atoms with Crippen LogP contribution in [-0.4, -0.2) is 64.9 Å². The SMILES string of the molecule is COc1ccc(N([C@H](C)C(=O)N2CCOCC2)S(C)(=O)=O)cc1. The van der Waals surface area contributed by atoms with Gasteiger partial charge in [0.2, 0.25) is 15.9 Å². The maximum Gasteiger partial charge on any atom is 0.246 e. The van der Waals surface area contributed by atoms with Gasteiger partial charge in [-0.05, 0) is 31.2 Å². The number of carbonyl (C=O) groups is 1. The lowest BCUT2D eigenvalue weighted by Crippen LogP contribution is -2.52. The third kappa shape index (κ3) is 4.14. The van der Waals surface area contributed by atoms with Crippen molar-refractivity contribution in [1.82, 2.24) is 4.90 Å². The van der Waals surface area contributed by atoms with Crippen molar-refractivity contribution in [2.75, 3.05) is 44.0 Å². The predicted octanol–water partition coefficient (Wildman–Crippen LogP) is 0.709. The van der Waals surface area contributed by atoms with Gasteiger partial charge in [-0.1, -0.05) is 0 Å². The standard InChI is InChI=1S/C15H22N2O5S/c1-12(15(18)16-8-10-22-11-9-16)17(23(3,19)20)13-4-6-14(21-2)7-5-13/h4-7,12H,8-11H2,1-3H3/t12-/m1/s1. The number of methoxy groups -OCH3 is 1. The van der Waals surface area contributed by atoms with E-state index in [1.54, 1.807) is 36.1 Å². The number of sulfonamides is 1. The van der Waals surface area contributed by atoms with Crippen LogP contribution < -0.4 is 9.04 Å². The van der Waals surface area contributed by atoms with Crippen LogP contribution in [0.15, 0.2) is 24.3 Å². The van der Waals surface area contributed by atoms with E-state index in [-0.39, 0.29) is 5.91 Å². The summed E-state index contributed by atoms with van der Waals surface area (Å²) in [4.78, 5) is 14.3. The van der Waals surface area contributed by atoms with Gasteiger partial charge in [-0.15, -0.1) is 0 Å². The van der Waals surface area contributed by atoms with Gasteiger partial charge in [0.25, 0.3) is 0 Å². The van der Waals surface area contributed by atoms with Gasteiger partial charge in [-0.2, -0.15) is 0 Å². The van der Waals surface area contributed by atoms with Gasteiger partial charge in [-0.3, -0.25) is 9.10 Å². The number of anilines is 1. The van der Waals surface area contributed by atoms with E-state index in [2.05, 4.69) is 0 Å². The van der Waals surface area contributed by atoms with Crippen LogP contribution in [0.4, 0.5) is 5.69 Å². The second kappa shape index (κ2) is 7.18. The second-order valence-corrected chi connectivity index (χ2v) is 7.23. The van der Waals surface area contributed by atoms with E-state index in [4.69, 9.17) is 9.47 Å². The van der Waals surface area contributed by atoms with Crippen molar-refractivity contribution in [2.45, 2.75) is 13.0 Å². The number of morpholine rings is 1. The molecule has 0 N–H and O–H groups in total. The van der Waals surface area contributed by atoms with Crippen molar-refractivity contribution in [3.8, 4) is 5.75 Å². The fourth-order valence-electron chi connectivity index (χ4n) is 2.58. The van der Waals surface area contributed by atoms with E-state index in [1.165, 1.54) is 7.11 Å². The molecular formula is C15H22N2O5S. The van der Waals surface area contributed by atoms with Crippen LogP contribution in [0.3, 0.4) is 0 Å². The Hall–Kier alpha value is -1.80. The van der Waals surface area contributed by atoms with Crippen LogP contribution in [0.1, 0.15) is 6.92 Å². The minimum atomic E-state index is -3.61. The first-order valence-electron chi connectivity index (χ1n) is 7.34. The normalized spacial score (nSPS) is 16.7. The Morgan fingerprint density at radius 1 is 1.26 bits per heavy atom.